The molecule has 23 heavy (non-hydrogen) atoms. The number of aryl methyl sites for hydroxylation is 2. The van der Waals surface area contributed by atoms with Crippen LogP contribution in [0.5, 0.6) is 0 Å². The van der Waals surface area contributed by atoms with Crippen molar-refractivity contribution in [3.63, 3.8) is 0 Å². The van der Waals surface area contributed by atoms with E-state index >= 15 is 0 Å². The summed E-state index contributed by atoms with van der Waals surface area (Å²) < 4.78 is 14.9. The van der Waals surface area contributed by atoms with E-state index in [2.05, 4.69) is 16.1 Å². The monoisotopic (exact) mass is 319 g/mol. The lowest BCUT2D eigenvalue weighted by atomic mass is 10.1. The number of benzene rings is 1. The zero-order valence-corrected chi connectivity index (χ0v) is 14.2. The summed E-state index contributed by atoms with van der Waals surface area (Å²) in [5.41, 5.74) is 3.00. The minimum atomic E-state index is -0.250. The molecule has 1 aromatic heterocycles. The van der Waals surface area contributed by atoms with Crippen LogP contribution in [0, 0.1) is 5.82 Å². The van der Waals surface area contributed by atoms with Gasteiger partial charge in [-0.15, -0.1) is 0 Å². The van der Waals surface area contributed by atoms with Crippen LogP contribution in [0.2, 0.25) is 0 Å². The minimum Gasteiger partial charge on any atom is -0.392 e. The highest BCUT2D eigenvalue weighted by atomic mass is 19.1. The highest BCUT2D eigenvalue weighted by Gasteiger charge is 2.09. The van der Waals surface area contributed by atoms with E-state index in [9.17, 15) is 9.50 Å². The highest BCUT2D eigenvalue weighted by Crippen LogP contribution is 2.20. The molecule has 2 aromatic rings. The van der Waals surface area contributed by atoms with Crippen LogP contribution in [-0.4, -0.2) is 46.0 Å². The van der Waals surface area contributed by atoms with Crippen molar-refractivity contribution >= 4 is 0 Å². The molecule has 126 valence electrons. The lowest BCUT2D eigenvalue weighted by molar-refractivity contribution is 0.122. The Kier molecular flexibility index (Phi) is 6.30. The molecule has 0 radical (unpaired) electrons. The van der Waals surface area contributed by atoms with E-state index in [1.54, 1.807) is 12.1 Å². The van der Waals surface area contributed by atoms with E-state index in [0.29, 0.717) is 6.54 Å². The van der Waals surface area contributed by atoms with Gasteiger partial charge in [0.2, 0.25) is 0 Å². The molecule has 2 rings (SSSR count). The Morgan fingerprint density at radius 1 is 1.30 bits per heavy atom. The van der Waals surface area contributed by atoms with Crippen LogP contribution in [-0.2, 0) is 13.5 Å². The molecule has 0 aliphatic carbocycles. The van der Waals surface area contributed by atoms with Gasteiger partial charge in [-0.2, -0.15) is 5.10 Å². The van der Waals surface area contributed by atoms with Gasteiger partial charge in [0.1, 0.15) is 5.82 Å². The molecule has 0 aliphatic rings. The van der Waals surface area contributed by atoms with Crippen LogP contribution in [0.25, 0.3) is 11.3 Å². The Hall–Kier alpha value is -1.72. The van der Waals surface area contributed by atoms with Crippen LogP contribution in [0.3, 0.4) is 0 Å². The molecule has 1 heterocycles. The number of halogens is 1. The van der Waals surface area contributed by atoms with Gasteiger partial charge in [0.05, 0.1) is 17.5 Å². The van der Waals surface area contributed by atoms with Crippen LogP contribution < -0.4 is 0 Å². The molecule has 1 atom stereocenters. The van der Waals surface area contributed by atoms with Crippen molar-refractivity contribution in [1.82, 2.24) is 14.7 Å². The molecule has 0 spiro atoms. The second-order valence-electron chi connectivity index (χ2n) is 6.08. The van der Waals surface area contributed by atoms with E-state index in [1.165, 1.54) is 12.1 Å². The SMILES string of the molecule is CCC(O)CN(C)CCCc1cc(-c2ccc(F)cc2)n(C)n1. The maximum atomic E-state index is 13.0. The van der Waals surface area contributed by atoms with Gasteiger partial charge in [0.25, 0.3) is 0 Å². The van der Waals surface area contributed by atoms with Crippen LogP contribution >= 0.6 is 0 Å². The Balaban J connectivity index is 1.90. The van der Waals surface area contributed by atoms with Gasteiger partial charge in [-0.05, 0) is 68.8 Å². The molecule has 0 saturated carbocycles. The predicted molar refractivity (Wildman–Crippen MR) is 90.7 cm³/mol. The molecule has 0 amide bonds. The zero-order valence-electron chi connectivity index (χ0n) is 14.2. The van der Waals surface area contributed by atoms with Crippen molar-refractivity contribution in [3.8, 4) is 11.3 Å². The summed E-state index contributed by atoms with van der Waals surface area (Å²) >= 11 is 0. The topological polar surface area (TPSA) is 41.3 Å². The zero-order chi connectivity index (χ0) is 16.8. The van der Waals surface area contributed by atoms with Gasteiger partial charge in [-0.25, -0.2) is 4.39 Å². The molecule has 0 aliphatic heterocycles. The average molecular weight is 319 g/mol. The normalized spacial score (nSPS) is 12.8. The molecular formula is C18H26FN3O. The number of aliphatic hydroxyl groups excluding tert-OH is 1. The first-order valence-electron chi connectivity index (χ1n) is 8.15. The van der Waals surface area contributed by atoms with Gasteiger partial charge >= 0.3 is 0 Å². The number of rotatable bonds is 8. The largest absolute Gasteiger partial charge is 0.392 e. The smallest absolute Gasteiger partial charge is 0.123 e. The van der Waals surface area contributed by atoms with Gasteiger partial charge in [-0.1, -0.05) is 6.92 Å². The molecule has 1 aromatic carbocycles. The summed E-state index contributed by atoms with van der Waals surface area (Å²) in [6, 6.07) is 8.55. The molecule has 4 nitrogen and oxygen atoms in total. The third-order valence-corrected chi connectivity index (χ3v) is 4.04. The summed E-state index contributed by atoms with van der Waals surface area (Å²) in [6.07, 6.45) is 2.42. The first-order valence-corrected chi connectivity index (χ1v) is 8.15. The summed E-state index contributed by atoms with van der Waals surface area (Å²) in [5.74, 6) is -0.228. The van der Waals surface area contributed by atoms with Crippen LogP contribution in [0.15, 0.2) is 30.3 Å². The molecule has 5 heteroatoms. The maximum Gasteiger partial charge on any atom is 0.123 e. The van der Waals surface area contributed by atoms with Crippen molar-refractivity contribution in [1.29, 1.82) is 0 Å². The van der Waals surface area contributed by atoms with Crippen LogP contribution in [0.1, 0.15) is 25.5 Å². The fourth-order valence-electron chi connectivity index (χ4n) is 2.65. The third kappa shape index (κ3) is 5.15. The van der Waals surface area contributed by atoms with Gasteiger partial charge < -0.3 is 10.0 Å². The number of likely N-dealkylation sites (N-methyl/N-ethyl adjacent to an activating group) is 1. The van der Waals surface area contributed by atoms with E-state index in [0.717, 1.165) is 42.8 Å². The number of nitrogens with zero attached hydrogens (tertiary/aromatic N) is 3. The Morgan fingerprint density at radius 3 is 2.65 bits per heavy atom. The lowest BCUT2D eigenvalue weighted by Gasteiger charge is -2.19. The Labute approximate surface area is 137 Å². The predicted octanol–water partition coefficient (Wildman–Crippen LogP) is 2.86. The maximum absolute atomic E-state index is 13.0. The number of aromatic nitrogens is 2. The Morgan fingerprint density at radius 2 is 2.00 bits per heavy atom. The van der Waals surface area contributed by atoms with Crippen molar-refractivity contribution in [2.75, 3.05) is 20.1 Å². The number of hydrogen-bond acceptors (Lipinski definition) is 3. The molecule has 0 fully saturated rings. The Bertz CT molecular complexity index is 609. The number of hydrogen-bond donors (Lipinski definition) is 1. The number of aliphatic hydroxyl groups is 1. The third-order valence-electron chi connectivity index (χ3n) is 4.04. The van der Waals surface area contributed by atoms with Crippen molar-refractivity contribution in [3.05, 3.63) is 41.8 Å². The van der Waals surface area contributed by atoms with E-state index in [-0.39, 0.29) is 11.9 Å². The summed E-state index contributed by atoms with van der Waals surface area (Å²) in [6.45, 7) is 3.63. The van der Waals surface area contributed by atoms with E-state index in [1.807, 2.05) is 25.7 Å². The summed E-state index contributed by atoms with van der Waals surface area (Å²) in [4.78, 5) is 2.15. The highest BCUT2D eigenvalue weighted by molar-refractivity contribution is 5.59. The summed E-state index contributed by atoms with van der Waals surface area (Å²) in [5, 5.41) is 14.2. The first kappa shape index (κ1) is 17.6. The standard InChI is InChI=1S/C18H26FN3O/c1-4-17(23)13-21(2)11-5-6-16-12-18(22(3)20-16)14-7-9-15(19)10-8-14/h7-10,12,17,23H,4-6,11,13H2,1-3H3. The second kappa shape index (κ2) is 8.22. The molecule has 1 unspecified atom stereocenters. The molecule has 1 N–H and O–H groups in total. The first-order chi connectivity index (χ1) is 11.0. The minimum absolute atomic E-state index is 0.228. The lowest BCUT2D eigenvalue weighted by Crippen LogP contribution is -2.29. The van der Waals surface area contributed by atoms with Gasteiger partial charge in [-0.3, -0.25) is 4.68 Å². The average Bonchev–Trinajstić information content (AvgIpc) is 2.88. The van der Waals surface area contributed by atoms with Crippen LogP contribution in [0.4, 0.5) is 4.39 Å². The van der Waals surface area contributed by atoms with Crippen molar-refractivity contribution < 1.29 is 9.50 Å². The molecule has 0 saturated heterocycles. The van der Waals surface area contributed by atoms with Crippen molar-refractivity contribution in [2.24, 2.45) is 7.05 Å². The molecule has 0 bridgehead atoms. The second-order valence-corrected chi connectivity index (χ2v) is 6.08. The quantitative estimate of drug-likeness (QED) is 0.813. The van der Waals surface area contributed by atoms with E-state index in [4.69, 9.17) is 0 Å². The molecular weight excluding hydrogens is 293 g/mol. The fourth-order valence-corrected chi connectivity index (χ4v) is 2.65. The van der Waals surface area contributed by atoms with Gasteiger partial charge in [0, 0.05) is 13.6 Å². The fraction of sp³-hybridized carbons (Fsp3) is 0.500. The van der Waals surface area contributed by atoms with E-state index < -0.39 is 0 Å². The van der Waals surface area contributed by atoms with Gasteiger partial charge in [0.15, 0.2) is 0 Å². The summed E-state index contributed by atoms with van der Waals surface area (Å²) in [7, 11) is 3.94. The van der Waals surface area contributed by atoms with Crippen molar-refractivity contribution in [2.45, 2.75) is 32.3 Å².